The van der Waals surface area contributed by atoms with E-state index < -0.39 is 15.7 Å². The van der Waals surface area contributed by atoms with Gasteiger partial charge in [0.2, 0.25) is 0 Å². The van der Waals surface area contributed by atoms with Crippen LogP contribution in [-0.2, 0) is 14.9 Å². The van der Waals surface area contributed by atoms with E-state index in [1.54, 1.807) is 0 Å². The molecule has 16 heavy (non-hydrogen) atoms. The molecule has 1 aliphatic heterocycles. The fourth-order valence-corrected chi connectivity index (χ4v) is 3.13. The highest BCUT2D eigenvalue weighted by molar-refractivity contribution is 9.09. The summed E-state index contributed by atoms with van der Waals surface area (Å²) in [5.41, 5.74) is -0.517. The lowest BCUT2D eigenvalue weighted by atomic mass is 10.0. The summed E-state index contributed by atoms with van der Waals surface area (Å²) in [6, 6.07) is 0. The second kappa shape index (κ2) is 5.30. The minimum Gasteiger partial charge on any atom is -0.379 e. The van der Waals surface area contributed by atoms with Crippen LogP contribution in [0.15, 0.2) is 0 Å². The Morgan fingerprint density at radius 2 is 1.88 bits per heavy atom. The van der Waals surface area contributed by atoms with Crippen LogP contribution in [0.4, 0.5) is 0 Å². The highest BCUT2D eigenvalue weighted by Crippen LogP contribution is 2.19. The van der Waals surface area contributed by atoms with Gasteiger partial charge in [0.25, 0.3) is 10.2 Å². The molecule has 0 aliphatic carbocycles. The van der Waals surface area contributed by atoms with E-state index in [2.05, 4.69) is 20.7 Å². The summed E-state index contributed by atoms with van der Waals surface area (Å²) in [5, 5.41) is 0. The van der Waals surface area contributed by atoms with Gasteiger partial charge >= 0.3 is 0 Å². The summed E-state index contributed by atoms with van der Waals surface area (Å²) < 4.78 is 33.3. The van der Waals surface area contributed by atoms with Crippen LogP contribution >= 0.6 is 15.9 Å². The van der Waals surface area contributed by atoms with Crippen molar-refractivity contribution in [1.82, 2.24) is 9.03 Å². The fraction of sp³-hybridized carbons (Fsp3) is 1.00. The van der Waals surface area contributed by atoms with E-state index >= 15 is 0 Å². The van der Waals surface area contributed by atoms with E-state index in [4.69, 9.17) is 4.74 Å². The molecule has 1 atom stereocenters. The van der Waals surface area contributed by atoms with E-state index in [0.29, 0.717) is 26.3 Å². The number of nitrogens with zero attached hydrogens (tertiary/aromatic N) is 1. The fourth-order valence-electron chi connectivity index (χ4n) is 1.27. The summed E-state index contributed by atoms with van der Waals surface area (Å²) in [7, 11) is -3.41. The van der Waals surface area contributed by atoms with Crippen molar-refractivity contribution < 1.29 is 13.2 Å². The number of ether oxygens (including phenoxy) is 1. The van der Waals surface area contributed by atoms with Gasteiger partial charge in [0.05, 0.1) is 13.2 Å². The van der Waals surface area contributed by atoms with Crippen LogP contribution in [0, 0.1) is 0 Å². The van der Waals surface area contributed by atoms with Crippen LogP contribution < -0.4 is 4.72 Å². The molecule has 1 aliphatic rings. The first-order valence-electron chi connectivity index (χ1n) is 5.26. The van der Waals surface area contributed by atoms with E-state index in [9.17, 15) is 8.42 Å². The van der Waals surface area contributed by atoms with Crippen LogP contribution in [0.2, 0.25) is 0 Å². The second-order valence-corrected chi connectivity index (χ2v) is 7.50. The minimum absolute atomic E-state index is 0.0517. The molecule has 0 bridgehead atoms. The Balaban J connectivity index is 2.71. The number of hydrogen-bond donors (Lipinski definition) is 1. The standard InChI is InChI=1S/C9H19BrN2O3S/c1-8(10)9(2,3)11-16(13,14)12-4-6-15-7-5-12/h8,11H,4-7H2,1-3H3. The van der Waals surface area contributed by atoms with Crippen molar-refractivity contribution in [3.05, 3.63) is 0 Å². The molecule has 1 unspecified atom stereocenters. The summed E-state index contributed by atoms with van der Waals surface area (Å²) in [6.07, 6.45) is 0. The van der Waals surface area contributed by atoms with Crippen molar-refractivity contribution in [3.8, 4) is 0 Å². The zero-order chi connectivity index (χ0) is 12.4. The predicted octanol–water partition coefficient (Wildman–Crippen LogP) is 0.715. The van der Waals surface area contributed by atoms with Crippen molar-refractivity contribution in [2.75, 3.05) is 26.3 Å². The molecule has 0 radical (unpaired) electrons. The first-order chi connectivity index (χ1) is 7.26. The number of halogens is 1. The third-order valence-corrected chi connectivity index (χ3v) is 5.67. The molecule has 1 rings (SSSR count). The smallest absolute Gasteiger partial charge is 0.280 e. The molecule has 1 fully saturated rings. The van der Waals surface area contributed by atoms with Gasteiger partial charge in [-0.1, -0.05) is 22.9 Å². The van der Waals surface area contributed by atoms with Gasteiger partial charge in [-0.2, -0.15) is 17.4 Å². The van der Waals surface area contributed by atoms with Gasteiger partial charge in [0, 0.05) is 23.5 Å². The molecule has 0 aromatic heterocycles. The molecular formula is C9H19BrN2O3S. The molecule has 96 valence electrons. The summed E-state index contributed by atoms with van der Waals surface area (Å²) >= 11 is 3.40. The zero-order valence-electron chi connectivity index (χ0n) is 9.86. The van der Waals surface area contributed by atoms with Crippen LogP contribution in [0.5, 0.6) is 0 Å². The normalized spacial score (nSPS) is 22.0. The van der Waals surface area contributed by atoms with Crippen molar-refractivity contribution in [1.29, 1.82) is 0 Å². The molecule has 7 heteroatoms. The zero-order valence-corrected chi connectivity index (χ0v) is 12.3. The molecule has 0 saturated carbocycles. The lowest BCUT2D eigenvalue weighted by molar-refractivity contribution is 0.0720. The number of nitrogens with one attached hydrogen (secondary N) is 1. The highest BCUT2D eigenvalue weighted by atomic mass is 79.9. The van der Waals surface area contributed by atoms with Gasteiger partial charge in [-0.25, -0.2) is 0 Å². The predicted molar refractivity (Wildman–Crippen MR) is 66.9 cm³/mol. The Hall–Kier alpha value is 0.310. The van der Waals surface area contributed by atoms with Crippen molar-refractivity contribution >= 4 is 26.1 Å². The molecule has 1 heterocycles. The monoisotopic (exact) mass is 314 g/mol. The summed E-state index contributed by atoms with van der Waals surface area (Å²) in [4.78, 5) is 0.0517. The Morgan fingerprint density at radius 1 is 1.38 bits per heavy atom. The topological polar surface area (TPSA) is 58.6 Å². The minimum atomic E-state index is -3.41. The van der Waals surface area contributed by atoms with Crippen molar-refractivity contribution in [2.24, 2.45) is 0 Å². The van der Waals surface area contributed by atoms with Gasteiger partial charge in [0.15, 0.2) is 0 Å². The van der Waals surface area contributed by atoms with Crippen LogP contribution in [0.25, 0.3) is 0 Å². The largest absolute Gasteiger partial charge is 0.379 e. The Kier molecular flexibility index (Phi) is 4.76. The number of alkyl halides is 1. The van der Waals surface area contributed by atoms with Crippen molar-refractivity contribution in [3.63, 3.8) is 0 Å². The van der Waals surface area contributed by atoms with Crippen LogP contribution in [0.3, 0.4) is 0 Å². The highest BCUT2D eigenvalue weighted by Gasteiger charge is 2.33. The maximum atomic E-state index is 12.0. The average Bonchev–Trinajstić information content (AvgIpc) is 2.17. The quantitative estimate of drug-likeness (QED) is 0.778. The first kappa shape index (κ1) is 14.4. The Bertz CT molecular complexity index is 324. The molecule has 5 nitrogen and oxygen atoms in total. The molecule has 0 amide bonds. The van der Waals surface area contributed by atoms with Crippen LogP contribution in [-0.4, -0.2) is 49.4 Å². The van der Waals surface area contributed by atoms with E-state index in [1.807, 2.05) is 20.8 Å². The maximum Gasteiger partial charge on any atom is 0.280 e. The number of hydrogen-bond acceptors (Lipinski definition) is 3. The number of rotatable bonds is 4. The lowest BCUT2D eigenvalue weighted by Gasteiger charge is -2.33. The maximum absolute atomic E-state index is 12.0. The molecule has 0 aromatic rings. The SMILES string of the molecule is CC(Br)C(C)(C)NS(=O)(=O)N1CCOCC1. The molecular weight excluding hydrogens is 296 g/mol. The van der Waals surface area contributed by atoms with Gasteiger partial charge in [-0.3, -0.25) is 0 Å². The Morgan fingerprint density at radius 3 is 2.31 bits per heavy atom. The molecule has 1 saturated heterocycles. The third-order valence-electron chi connectivity index (χ3n) is 2.70. The third kappa shape index (κ3) is 3.66. The van der Waals surface area contributed by atoms with E-state index in [-0.39, 0.29) is 4.83 Å². The summed E-state index contributed by atoms with van der Waals surface area (Å²) in [5.74, 6) is 0. The second-order valence-electron chi connectivity index (χ2n) is 4.46. The molecule has 0 spiro atoms. The number of morpholine rings is 1. The first-order valence-corrected chi connectivity index (χ1v) is 7.62. The van der Waals surface area contributed by atoms with Gasteiger partial charge in [-0.15, -0.1) is 0 Å². The van der Waals surface area contributed by atoms with E-state index in [0.717, 1.165) is 0 Å². The van der Waals surface area contributed by atoms with Crippen LogP contribution in [0.1, 0.15) is 20.8 Å². The molecule has 1 N–H and O–H groups in total. The average molecular weight is 315 g/mol. The Labute approximate surface area is 106 Å². The van der Waals surface area contributed by atoms with Crippen molar-refractivity contribution in [2.45, 2.75) is 31.1 Å². The summed E-state index contributed by atoms with van der Waals surface area (Å²) in [6.45, 7) is 7.39. The van der Waals surface area contributed by atoms with Gasteiger partial charge in [-0.05, 0) is 13.8 Å². The van der Waals surface area contributed by atoms with E-state index in [1.165, 1.54) is 4.31 Å². The lowest BCUT2D eigenvalue weighted by Crippen LogP contribution is -2.55. The molecule has 0 aromatic carbocycles. The van der Waals surface area contributed by atoms with Gasteiger partial charge in [0.1, 0.15) is 0 Å². The van der Waals surface area contributed by atoms with Gasteiger partial charge < -0.3 is 4.74 Å².